The molecule has 1 aliphatic carbocycles. The summed E-state index contributed by atoms with van der Waals surface area (Å²) in [7, 11) is 3.22. The van der Waals surface area contributed by atoms with Crippen LogP contribution in [0.5, 0.6) is 11.5 Å². The average molecular weight is 412 g/mol. The van der Waals surface area contributed by atoms with Crippen LogP contribution in [0.25, 0.3) is 0 Å². The van der Waals surface area contributed by atoms with Crippen molar-refractivity contribution in [1.29, 1.82) is 0 Å². The first kappa shape index (κ1) is 20.6. The Balaban J connectivity index is 1.54. The molecule has 2 aromatic rings. The molecule has 1 unspecified atom stereocenters. The average Bonchev–Trinajstić information content (AvgIpc) is 2.79. The maximum absolute atomic E-state index is 12.8. The molecule has 0 spiro atoms. The van der Waals surface area contributed by atoms with E-state index in [-0.39, 0.29) is 18.3 Å². The summed E-state index contributed by atoms with van der Waals surface area (Å²) in [5.41, 5.74) is 2.49. The number of carbonyl (C=O) groups is 1. The Morgan fingerprint density at radius 2 is 1.87 bits per heavy atom. The van der Waals surface area contributed by atoms with Crippen molar-refractivity contribution in [2.45, 2.75) is 18.8 Å². The number of anilines is 1. The molecule has 1 N–H and O–H groups in total. The molecule has 160 valence electrons. The van der Waals surface area contributed by atoms with E-state index in [1.54, 1.807) is 20.4 Å². The number of methoxy groups -OCH3 is 2. The molecule has 0 bridgehead atoms. The van der Waals surface area contributed by atoms with Crippen LogP contribution >= 0.6 is 0 Å². The number of ether oxygens (including phenoxy) is 2. The zero-order valence-electron chi connectivity index (χ0n) is 17.5. The van der Waals surface area contributed by atoms with Gasteiger partial charge in [-0.15, -0.1) is 0 Å². The summed E-state index contributed by atoms with van der Waals surface area (Å²) in [6, 6.07) is 5.82. The second kappa shape index (κ2) is 8.97. The quantitative estimate of drug-likeness (QED) is 0.764. The molecule has 1 aromatic heterocycles. The molecule has 1 saturated heterocycles. The number of Topliss-reactive ketones (excluding diaryl/α,β-unsaturated/α-hetero) is 1. The third-order valence-electron chi connectivity index (χ3n) is 5.98. The van der Waals surface area contributed by atoms with Crippen LogP contribution in [-0.4, -0.2) is 79.3 Å². The first-order valence-electron chi connectivity index (χ1n) is 10.3. The van der Waals surface area contributed by atoms with Crippen LogP contribution in [0, 0.1) is 0 Å². The largest absolute Gasteiger partial charge is 0.493 e. The molecule has 1 atom stereocenters. The topological polar surface area (TPSA) is 88.0 Å². The van der Waals surface area contributed by atoms with Gasteiger partial charge < -0.3 is 19.5 Å². The summed E-state index contributed by atoms with van der Waals surface area (Å²) >= 11 is 0. The number of fused-ring (bicyclic) bond motifs is 1. The van der Waals surface area contributed by atoms with E-state index in [2.05, 4.69) is 14.8 Å². The summed E-state index contributed by atoms with van der Waals surface area (Å²) in [4.78, 5) is 26.4. The minimum atomic E-state index is 0.0500. The van der Waals surface area contributed by atoms with Crippen molar-refractivity contribution in [3.8, 4) is 11.5 Å². The number of aromatic nitrogens is 2. The normalized spacial score (nSPS) is 19.5. The molecule has 0 radical (unpaired) electrons. The van der Waals surface area contributed by atoms with Crippen LogP contribution in [0.1, 0.15) is 34.0 Å². The Bertz CT molecular complexity index is 912. The molecule has 1 aromatic carbocycles. The van der Waals surface area contributed by atoms with E-state index in [0.717, 1.165) is 37.4 Å². The van der Waals surface area contributed by atoms with Gasteiger partial charge in [0.05, 0.1) is 32.1 Å². The number of carbonyl (C=O) groups excluding carboxylic acids is 1. The van der Waals surface area contributed by atoms with Crippen molar-refractivity contribution in [3.63, 3.8) is 0 Å². The fourth-order valence-corrected chi connectivity index (χ4v) is 4.24. The lowest BCUT2D eigenvalue weighted by Crippen LogP contribution is -2.47. The van der Waals surface area contributed by atoms with E-state index in [4.69, 9.17) is 19.6 Å². The number of β-amino-alcohol motifs (C(OH)–C–C–N with tert-alkyl or cyclic N) is 1. The van der Waals surface area contributed by atoms with Crippen LogP contribution in [0.3, 0.4) is 0 Å². The summed E-state index contributed by atoms with van der Waals surface area (Å²) in [6.45, 7) is 4.23. The Labute approximate surface area is 176 Å². The van der Waals surface area contributed by atoms with Crippen molar-refractivity contribution in [2.24, 2.45) is 0 Å². The van der Waals surface area contributed by atoms with Crippen molar-refractivity contribution >= 4 is 11.7 Å². The van der Waals surface area contributed by atoms with Gasteiger partial charge >= 0.3 is 0 Å². The van der Waals surface area contributed by atoms with Gasteiger partial charge in [0, 0.05) is 45.3 Å². The third-order valence-corrected chi connectivity index (χ3v) is 5.98. The predicted molar refractivity (Wildman–Crippen MR) is 113 cm³/mol. The van der Waals surface area contributed by atoms with Crippen LogP contribution in [0.2, 0.25) is 0 Å². The van der Waals surface area contributed by atoms with E-state index in [0.29, 0.717) is 42.4 Å². The summed E-state index contributed by atoms with van der Waals surface area (Å²) < 4.78 is 10.8. The summed E-state index contributed by atoms with van der Waals surface area (Å²) in [6.07, 6.45) is 2.81. The minimum absolute atomic E-state index is 0.0500. The summed E-state index contributed by atoms with van der Waals surface area (Å²) in [5, 5.41) is 9.11. The van der Waals surface area contributed by atoms with Gasteiger partial charge in [-0.3, -0.25) is 9.69 Å². The number of rotatable bonds is 6. The second-order valence-corrected chi connectivity index (χ2v) is 7.73. The molecular weight excluding hydrogens is 384 g/mol. The number of benzene rings is 1. The molecule has 1 aliphatic heterocycles. The lowest BCUT2D eigenvalue weighted by Gasteiger charge is -2.34. The Kier molecular flexibility index (Phi) is 6.15. The lowest BCUT2D eigenvalue weighted by atomic mass is 9.82. The van der Waals surface area contributed by atoms with Crippen LogP contribution in [-0.2, 0) is 6.42 Å². The van der Waals surface area contributed by atoms with Crippen molar-refractivity contribution < 1.29 is 19.4 Å². The van der Waals surface area contributed by atoms with Crippen LogP contribution in [0.15, 0.2) is 24.4 Å². The van der Waals surface area contributed by atoms with Gasteiger partial charge in [0.15, 0.2) is 17.3 Å². The monoisotopic (exact) mass is 412 g/mol. The number of hydrogen-bond donors (Lipinski definition) is 1. The molecule has 1 fully saturated rings. The molecule has 8 heteroatoms. The maximum atomic E-state index is 12.8. The molecule has 30 heavy (non-hydrogen) atoms. The van der Waals surface area contributed by atoms with E-state index >= 15 is 0 Å². The molecule has 2 heterocycles. The number of hydrogen-bond acceptors (Lipinski definition) is 8. The second-order valence-electron chi connectivity index (χ2n) is 7.73. The Hall–Kier alpha value is -2.71. The SMILES string of the molecule is COc1ccc(C2CC(=O)c3cnc(N4CCN(CCO)CC4)nc3C2)cc1OC. The molecule has 0 amide bonds. The Morgan fingerprint density at radius 3 is 2.57 bits per heavy atom. The van der Waals surface area contributed by atoms with Gasteiger partial charge in [-0.2, -0.15) is 0 Å². The van der Waals surface area contributed by atoms with Crippen LogP contribution in [0.4, 0.5) is 5.95 Å². The zero-order valence-corrected chi connectivity index (χ0v) is 17.5. The smallest absolute Gasteiger partial charge is 0.225 e. The number of piperazine rings is 1. The number of aliphatic hydroxyl groups is 1. The highest BCUT2D eigenvalue weighted by atomic mass is 16.5. The fourth-order valence-electron chi connectivity index (χ4n) is 4.24. The van der Waals surface area contributed by atoms with Gasteiger partial charge in [-0.05, 0) is 30.0 Å². The fraction of sp³-hybridized carbons (Fsp3) is 0.500. The highest BCUT2D eigenvalue weighted by molar-refractivity contribution is 5.98. The van der Waals surface area contributed by atoms with E-state index < -0.39 is 0 Å². The molecule has 4 rings (SSSR count). The number of nitrogens with zero attached hydrogens (tertiary/aromatic N) is 4. The van der Waals surface area contributed by atoms with Gasteiger partial charge in [0.1, 0.15) is 0 Å². The van der Waals surface area contributed by atoms with Gasteiger partial charge in [-0.1, -0.05) is 6.07 Å². The first-order valence-corrected chi connectivity index (χ1v) is 10.3. The van der Waals surface area contributed by atoms with Crippen LogP contribution < -0.4 is 14.4 Å². The minimum Gasteiger partial charge on any atom is -0.493 e. The van der Waals surface area contributed by atoms with E-state index in [1.807, 2.05) is 18.2 Å². The third kappa shape index (κ3) is 4.11. The van der Waals surface area contributed by atoms with Gasteiger partial charge in [0.2, 0.25) is 5.95 Å². The lowest BCUT2D eigenvalue weighted by molar-refractivity contribution is 0.0962. The van der Waals surface area contributed by atoms with Gasteiger partial charge in [0.25, 0.3) is 0 Å². The number of aliphatic hydroxyl groups excluding tert-OH is 1. The Morgan fingerprint density at radius 1 is 1.10 bits per heavy atom. The van der Waals surface area contributed by atoms with Crippen molar-refractivity contribution in [2.75, 3.05) is 58.5 Å². The van der Waals surface area contributed by atoms with E-state index in [9.17, 15) is 4.79 Å². The highest BCUT2D eigenvalue weighted by Gasteiger charge is 2.29. The zero-order chi connectivity index (χ0) is 21.1. The predicted octanol–water partition coefficient (Wildman–Crippen LogP) is 1.52. The summed E-state index contributed by atoms with van der Waals surface area (Å²) in [5.74, 6) is 2.15. The van der Waals surface area contributed by atoms with E-state index in [1.165, 1.54) is 0 Å². The van der Waals surface area contributed by atoms with Gasteiger partial charge in [-0.25, -0.2) is 9.97 Å². The number of ketones is 1. The molecule has 2 aliphatic rings. The maximum Gasteiger partial charge on any atom is 0.225 e. The molecule has 0 saturated carbocycles. The molecule has 8 nitrogen and oxygen atoms in total. The highest BCUT2D eigenvalue weighted by Crippen LogP contribution is 2.36. The van der Waals surface area contributed by atoms with Crippen molar-refractivity contribution in [3.05, 3.63) is 41.2 Å². The standard InChI is InChI=1S/C22H28N4O4/c1-29-20-4-3-15(13-21(20)30-2)16-11-18-17(19(28)12-16)14-23-22(24-18)26-7-5-25(6-8-26)9-10-27/h3-4,13-14,16,27H,5-12H2,1-2H3. The molecular formula is C22H28N4O4. The van der Waals surface area contributed by atoms with Crippen molar-refractivity contribution in [1.82, 2.24) is 14.9 Å². The first-order chi connectivity index (χ1) is 14.6.